The predicted octanol–water partition coefficient (Wildman–Crippen LogP) is 2.50. The van der Waals surface area contributed by atoms with Crippen LogP contribution in [0.1, 0.15) is 33.3 Å². The van der Waals surface area contributed by atoms with Gasteiger partial charge in [-0.3, -0.25) is 0 Å². The van der Waals surface area contributed by atoms with Crippen molar-refractivity contribution in [2.24, 2.45) is 5.92 Å². The lowest BCUT2D eigenvalue weighted by Gasteiger charge is -2.27. The maximum absolute atomic E-state index is 12.6. The molecule has 4 nitrogen and oxygen atoms in total. The molecule has 0 fully saturated rings. The zero-order valence-electron chi connectivity index (χ0n) is 13.8. The fourth-order valence-electron chi connectivity index (χ4n) is 2.04. The van der Waals surface area contributed by atoms with Crippen molar-refractivity contribution in [2.45, 2.75) is 45.1 Å². The summed E-state index contributed by atoms with van der Waals surface area (Å²) in [6.07, 6.45) is 0.909. The van der Waals surface area contributed by atoms with Crippen molar-refractivity contribution in [2.75, 3.05) is 20.1 Å². The summed E-state index contributed by atoms with van der Waals surface area (Å²) in [4.78, 5) is 0.365. The van der Waals surface area contributed by atoms with Crippen molar-refractivity contribution in [3.63, 3.8) is 0 Å². The van der Waals surface area contributed by atoms with Crippen molar-refractivity contribution >= 4 is 10.0 Å². The maximum Gasteiger partial charge on any atom is 0.243 e. The highest BCUT2D eigenvalue weighted by Gasteiger charge is 2.26. The zero-order chi connectivity index (χ0) is 16.0. The first-order valence-electron chi connectivity index (χ1n) is 7.58. The molecule has 0 saturated heterocycles. The Bertz CT molecular complexity index is 524. The van der Waals surface area contributed by atoms with Crippen LogP contribution >= 0.6 is 0 Å². The van der Waals surface area contributed by atoms with E-state index in [2.05, 4.69) is 12.2 Å². The molecule has 120 valence electrons. The van der Waals surface area contributed by atoms with Crippen LogP contribution in [0.25, 0.3) is 0 Å². The van der Waals surface area contributed by atoms with E-state index in [1.807, 2.05) is 32.9 Å². The van der Waals surface area contributed by atoms with Gasteiger partial charge in [0, 0.05) is 13.1 Å². The molecule has 0 saturated carbocycles. The Morgan fingerprint density at radius 3 is 2.19 bits per heavy atom. The smallest absolute Gasteiger partial charge is 0.243 e. The van der Waals surface area contributed by atoms with Crippen LogP contribution in [-0.2, 0) is 16.4 Å². The van der Waals surface area contributed by atoms with Crippen LogP contribution in [0.4, 0.5) is 0 Å². The number of hydrogen-bond acceptors (Lipinski definition) is 3. The molecule has 0 spiro atoms. The van der Waals surface area contributed by atoms with Gasteiger partial charge in [0.15, 0.2) is 0 Å². The minimum absolute atomic E-state index is 0.0246. The summed E-state index contributed by atoms with van der Waals surface area (Å²) in [5, 5.41) is 3.26. The van der Waals surface area contributed by atoms with Gasteiger partial charge in [-0.1, -0.05) is 32.9 Å². The molecule has 0 radical (unpaired) electrons. The molecule has 0 bridgehead atoms. The quantitative estimate of drug-likeness (QED) is 0.750. The lowest BCUT2D eigenvalue weighted by molar-refractivity contribution is 0.316. The summed E-state index contributed by atoms with van der Waals surface area (Å²) in [6.45, 7) is 9.92. The number of rotatable bonds is 8. The number of sulfonamides is 1. The molecular formula is C16H28N2O2S. The Hall–Kier alpha value is -0.910. The topological polar surface area (TPSA) is 49.4 Å². The third kappa shape index (κ3) is 4.80. The van der Waals surface area contributed by atoms with Gasteiger partial charge < -0.3 is 5.32 Å². The molecule has 0 aliphatic rings. The first-order chi connectivity index (χ1) is 9.80. The molecule has 1 aromatic carbocycles. The minimum Gasteiger partial charge on any atom is -0.317 e. The maximum atomic E-state index is 12.6. The van der Waals surface area contributed by atoms with Gasteiger partial charge in [-0.15, -0.1) is 0 Å². The Kier molecular flexibility index (Phi) is 6.84. The molecular weight excluding hydrogens is 284 g/mol. The highest BCUT2D eigenvalue weighted by Crippen LogP contribution is 2.20. The monoisotopic (exact) mass is 312 g/mol. The first-order valence-corrected chi connectivity index (χ1v) is 9.02. The SMILES string of the molecule is CCNCCc1ccc(S(=O)(=O)N(C)C(C)C(C)C)cc1. The van der Waals surface area contributed by atoms with Crippen LogP contribution in [-0.4, -0.2) is 38.9 Å². The molecule has 1 N–H and O–H groups in total. The van der Waals surface area contributed by atoms with Crippen molar-refractivity contribution in [1.82, 2.24) is 9.62 Å². The average Bonchev–Trinajstić information content (AvgIpc) is 2.46. The van der Waals surface area contributed by atoms with Gasteiger partial charge in [0.2, 0.25) is 10.0 Å². The third-order valence-corrected chi connectivity index (χ3v) is 5.94. The molecule has 1 unspecified atom stereocenters. The third-order valence-electron chi connectivity index (χ3n) is 3.98. The second-order valence-corrected chi connectivity index (χ2v) is 7.75. The normalized spacial score (nSPS) is 13.9. The molecule has 1 atom stereocenters. The highest BCUT2D eigenvalue weighted by molar-refractivity contribution is 7.89. The molecule has 0 aliphatic carbocycles. The first kappa shape index (κ1) is 18.1. The fraction of sp³-hybridized carbons (Fsp3) is 0.625. The highest BCUT2D eigenvalue weighted by atomic mass is 32.2. The summed E-state index contributed by atoms with van der Waals surface area (Å²) >= 11 is 0. The van der Waals surface area contributed by atoms with Crippen LogP contribution < -0.4 is 5.32 Å². The van der Waals surface area contributed by atoms with Gasteiger partial charge >= 0.3 is 0 Å². The van der Waals surface area contributed by atoms with E-state index >= 15 is 0 Å². The van der Waals surface area contributed by atoms with Crippen molar-refractivity contribution in [3.8, 4) is 0 Å². The van der Waals surface area contributed by atoms with Gasteiger partial charge in [-0.05, 0) is 50.0 Å². The molecule has 0 heterocycles. The zero-order valence-corrected chi connectivity index (χ0v) is 14.6. The minimum atomic E-state index is -3.41. The molecule has 0 aromatic heterocycles. The van der Waals surface area contributed by atoms with Crippen LogP contribution in [0.15, 0.2) is 29.2 Å². The van der Waals surface area contributed by atoms with Crippen molar-refractivity contribution in [3.05, 3.63) is 29.8 Å². The van der Waals surface area contributed by atoms with E-state index in [0.29, 0.717) is 4.90 Å². The summed E-state index contributed by atoms with van der Waals surface area (Å²) in [5.74, 6) is 0.282. The molecule has 1 rings (SSSR count). The van der Waals surface area contributed by atoms with E-state index in [4.69, 9.17) is 0 Å². The second-order valence-electron chi connectivity index (χ2n) is 5.75. The van der Waals surface area contributed by atoms with E-state index in [1.54, 1.807) is 19.2 Å². The predicted molar refractivity (Wildman–Crippen MR) is 87.9 cm³/mol. The van der Waals surface area contributed by atoms with Crippen molar-refractivity contribution < 1.29 is 8.42 Å². The van der Waals surface area contributed by atoms with Gasteiger partial charge in [-0.25, -0.2) is 8.42 Å². The van der Waals surface area contributed by atoms with E-state index in [1.165, 1.54) is 4.31 Å². The summed E-state index contributed by atoms with van der Waals surface area (Å²) < 4.78 is 26.6. The van der Waals surface area contributed by atoms with Crippen LogP contribution in [0.3, 0.4) is 0 Å². The average molecular weight is 312 g/mol. The van der Waals surface area contributed by atoms with Gasteiger partial charge in [0.05, 0.1) is 4.90 Å². The Morgan fingerprint density at radius 1 is 1.14 bits per heavy atom. The Morgan fingerprint density at radius 2 is 1.71 bits per heavy atom. The molecule has 0 amide bonds. The van der Waals surface area contributed by atoms with Crippen LogP contribution in [0.5, 0.6) is 0 Å². The van der Waals surface area contributed by atoms with Crippen LogP contribution in [0, 0.1) is 5.92 Å². The Labute approximate surface area is 129 Å². The van der Waals surface area contributed by atoms with E-state index in [9.17, 15) is 8.42 Å². The molecule has 21 heavy (non-hydrogen) atoms. The van der Waals surface area contributed by atoms with Crippen molar-refractivity contribution in [1.29, 1.82) is 0 Å². The lowest BCUT2D eigenvalue weighted by Crippen LogP contribution is -2.38. The fourth-order valence-corrected chi connectivity index (χ4v) is 3.54. The summed E-state index contributed by atoms with van der Waals surface area (Å²) in [7, 11) is -1.76. The largest absolute Gasteiger partial charge is 0.317 e. The van der Waals surface area contributed by atoms with Gasteiger partial charge in [0.25, 0.3) is 0 Å². The van der Waals surface area contributed by atoms with E-state index < -0.39 is 10.0 Å². The summed E-state index contributed by atoms with van der Waals surface area (Å²) in [6, 6.07) is 7.19. The Balaban J connectivity index is 2.84. The lowest BCUT2D eigenvalue weighted by atomic mass is 10.1. The molecule has 0 aliphatic heterocycles. The van der Waals surface area contributed by atoms with E-state index in [0.717, 1.165) is 25.1 Å². The number of hydrogen-bond donors (Lipinski definition) is 1. The van der Waals surface area contributed by atoms with E-state index in [-0.39, 0.29) is 12.0 Å². The molecule has 1 aromatic rings. The number of likely N-dealkylation sites (N-methyl/N-ethyl adjacent to an activating group) is 1. The standard InChI is InChI=1S/C16H28N2O2S/c1-6-17-12-11-15-7-9-16(10-8-15)21(19,20)18(5)14(4)13(2)3/h7-10,13-14,17H,6,11-12H2,1-5H3. The number of nitrogens with zero attached hydrogens (tertiary/aromatic N) is 1. The number of benzene rings is 1. The number of nitrogens with one attached hydrogen (secondary N) is 1. The summed E-state index contributed by atoms with van der Waals surface area (Å²) in [5.41, 5.74) is 1.15. The second kappa shape index (κ2) is 7.92. The van der Waals surface area contributed by atoms with Gasteiger partial charge in [-0.2, -0.15) is 4.31 Å². The van der Waals surface area contributed by atoms with Crippen LogP contribution in [0.2, 0.25) is 0 Å². The molecule has 5 heteroatoms. The van der Waals surface area contributed by atoms with Gasteiger partial charge in [0.1, 0.15) is 0 Å².